The molecule has 30 heavy (non-hydrogen) atoms. The summed E-state index contributed by atoms with van der Waals surface area (Å²) in [5.41, 5.74) is 3.74. The molecule has 0 bridgehead atoms. The van der Waals surface area contributed by atoms with E-state index in [1.165, 1.54) is 0 Å². The van der Waals surface area contributed by atoms with Gasteiger partial charge in [0.15, 0.2) is 0 Å². The van der Waals surface area contributed by atoms with Crippen LogP contribution in [0.1, 0.15) is 30.9 Å². The summed E-state index contributed by atoms with van der Waals surface area (Å²) in [4.78, 5) is 40.7. The van der Waals surface area contributed by atoms with E-state index in [0.717, 1.165) is 28.9 Å². The van der Waals surface area contributed by atoms with Gasteiger partial charge in [-0.3, -0.25) is 14.4 Å². The van der Waals surface area contributed by atoms with Gasteiger partial charge >= 0.3 is 0 Å². The van der Waals surface area contributed by atoms with Crippen molar-refractivity contribution in [3.05, 3.63) is 58.6 Å². The molecule has 1 fully saturated rings. The lowest BCUT2D eigenvalue weighted by atomic mass is 10.1. The lowest BCUT2D eigenvalue weighted by Gasteiger charge is -2.20. The highest BCUT2D eigenvalue weighted by molar-refractivity contribution is 6.30. The second kappa shape index (κ2) is 8.48. The number of nitrogens with one attached hydrogen (secondary N) is 1. The van der Waals surface area contributed by atoms with Crippen molar-refractivity contribution in [3.8, 4) is 0 Å². The predicted octanol–water partition coefficient (Wildman–Crippen LogP) is 3.31. The number of hydrogen-bond acceptors (Lipinski definition) is 3. The molecule has 1 saturated heterocycles. The zero-order valence-corrected chi connectivity index (χ0v) is 17.6. The molecule has 2 aliphatic rings. The first-order valence-electron chi connectivity index (χ1n) is 10.2. The van der Waals surface area contributed by atoms with Crippen LogP contribution >= 0.6 is 11.6 Å². The van der Waals surface area contributed by atoms with E-state index in [4.69, 9.17) is 11.6 Å². The Labute approximate surface area is 180 Å². The van der Waals surface area contributed by atoms with Crippen LogP contribution < -0.4 is 15.1 Å². The maximum absolute atomic E-state index is 12.6. The molecule has 0 saturated carbocycles. The van der Waals surface area contributed by atoms with Crippen LogP contribution in [0.25, 0.3) is 0 Å². The minimum atomic E-state index is -0.378. The highest BCUT2D eigenvalue weighted by Gasteiger charge is 2.35. The number of benzene rings is 2. The lowest BCUT2D eigenvalue weighted by molar-refractivity contribution is -0.126. The van der Waals surface area contributed by atoms with Gasteiger partial charge in [-0.15, -0.1) is 0 Å². The van der Waals surface area contributed by atoms with E-state index < -0.39 is 0 Å². The number of amides is 3. The van der Waals surface area contributed by atoms with E-state index in [2.05, 4.69) is 5.32 Å². The molecule has 2 aliphatic heterocycles. The molecule has 1 N–H and O–H groups in total. The number of carbonyl (C=O) groups excluding carboxylic acids is 3. The molecule has 0 aliphatic carbocycles. The summed E-state index contributed by atoms with van der Waals surface area (Å²) < 4.78 is 0. The molecule has 2 aromatic rings. The Balaban J connectivity index is 1.40. The number of rotatable bonds is 5. The quantitative estimate of drug-likeness (QED) is 0.799. The van der Waals surface area contributed by atoms with Crippen LogP contribution in [-0.2, 0) is 27.3 Å². The second-order valence-corrected chi connectivity index (χ2v) is 8.15. The van der Waals surface area contributed by atoms with Gasteiger partial charge in [-0.25, -0.2) is 0 Å². The Hall–Kier alpha value is -2.86. The Morgan fingerprint density at radius 1 is 1.17 bits per heavy atom. The Morgan fingerprint density at radius 2 is 1.93 bits per heavy atom. The molecule has 0 spiro atoms. The van der Waals surface area contributed by atoms with E-state index in [0.29, 0.717) is 31.1 Å². The van der Waals surface area contributed by atoms with Gasteiger partial charge < -0.3 is 15.1 Å². The zero-order chi connectivity index (χ0) is 21.3. The number of fused-ring (bicyclic) bond motifs is 1. The average Bonchev–Trinajstić information content (AvgIpc) is 3.35. The fraction of sp³-hybridized carbons (Fsp3) is 0.348. The van der Waals surface area contributed by atoms with Crippen LogP contribution in [0.3, 0.4) is 0 Å². The fourth-order valence-electron chi connectivity index (χ4n) is 4.07. The van der Waals surface area contributed by atoms with Gasteiger partial charge in [0, 0.05) is 48.9 Å². The van der Waals surface area contributed by atoms with Crippen LogP contribution in [0.4, 0.5) is 11.4 Å². The van der Waals surface area contributed by atoms with Crippen molar-refractivity contribution < 1.29 is 14.4 Å². The monoisotopic (exact) mass is 425 g/mol. The first-order valence-corrected chi connectivity index (χ1v) is 10.6. The van der Waals surface area contributed by atoms with Gasteiger partial charge in [0.1, 0.15) is 0 Å². The molecular weight excluding hydrogens is 402 g/mol. The molecule has 3 amide bonds. The maximum Gasteiger partial charge on any atom is 0.227 e. The largest absolute Gasteiger partial charge is 0.352 e. The van der Waals surface area contributed by atoms with Crippen LogP contribution in [-0.4, -0.2) is 30.8 Å². The Morgan fingerprint density at radius 3 is 2.67 bits per heavy atom. The molecule has 2 heterocycles. The average molecular weight is 426 g/mol. The molecule has 1 atom stereocenters. The lowest BCUT2D eigenvalue weighted by Crippen LogP contribution is -2.32. The molecule has 0 aromatic heterocycles. The molecule has 7 heteroatoms. The van der Waals surface area contributed by atoms with Crippen molar-refractivity contribution in [1.82, 2.24) is 5.32 Å². The topological polar surface area (TPSA) is 69.7 Å². The summed E-state index contributed by atoms with van der Waals surface area (Å²) in [6.45, 7) is 3.30. The number of hydrogen-bond donors (Lipinski definition) is 1. The van der Waals surface area contributed by atoms with E-state index in [1.54, 1.807) is 21.9 Å². The minimum Gasteiger partial charge on any atom is -0.352 e. The highest BCUT2D eigenvalue weighted by Crippen LogP contribution is 2.34. The zero-order valence-electron chi connectivity index (χ0n) is 16.9. The van der Waals surface area contributed by atoms with Crippen molar-refractivity contribution in [1.29, 1.82) is 0 Å². The molecule has 0 unspecified atom stereocenters. The summed E-state index contributed by atoms with van der Waals surface area (Å²) in [5.74, 6) is -0.449. The fourth-order valence-corrected chi connectivity index (χ4v) is 4.20. The molecule has 0 radical (unpaired) electrons. The van der Waals surface area contributed by atoms with E-state index in [9.17, 15) is 14.4 Å². The molecule has 4 rings (SSSR count). The number of halogens is 1. The predicted molar refractivity (Wildman–Crippen MR) is 117 cm³/mol. The maximum atomic E-state index is 12.6. The van der Waals surface area contributed by atoms with Crippen molar-refractivity contribution >= 4 is 40.7 Å². The molecule has 2 aromatic carbocycles. The number of anilines is 2. The third kappa shape index (κ3) is 4.05. The van der Waals surface area contributed by atoms with Crippen LogP contribution in [0.5, 0.6) is 0 Å². The molecule has 6 nitrogen and oxygen atoms in total. The third-order valence-electron chi connectivity index (χ3n) is 5.75. The van der Waals surface area contributed by atoms with Crippen molar-refractivity contribution in [3.63, 3.8) is 0 Å². The van der Waals surface area contributed by atoms with Gasteiger partial charge in [-0.05, 0) is 47.9 Å². The molecule has 156 valence electrons. The van der Waals surface area contributed by atoms with Gasteiger partial charge in [-0.1, -0.05) is 30.7 Å². The summed E-state index contributed by atoms with van der Waals surface area (Å²) >= 11 is 5.88. The van der Waals surface area contributed by atoms with Crippen LogP contribution in [0.15, 0.2) is 42.5 Å². The standard InChI is InChI=1S/C23H24ClN3O3/c1-2-21(28)26-10-9-16-11-19(7-8-20(16)26)27-14-17(12-22(27)29)23(30)25-13-15-3-5-18(24)6-4-15/h3-8,11,17H,2,9-10,12-14H2,1H3,(H,25,30)/t17-/m0/s1. The summed E-state index contributed by atoms with van der Waals surface area (Å²) in [7, 11) is 0. The van der Waals surface area contributed by atoms with Crippen molar-refractivity contribution in [2.45, 2.75) is 32.7 Å². The Kier molecular flexibility index (Phi) is 5.77. The van der Waals surface area contributed by atoms with Gasteiger partial charge in [0.25, 0.3) is 0 Å². The van der Waals surface area contributed by atoms with Crippen molar-refractivity contribution in [2.75, 3.05) is 22.9 Å². The smallest absolute Gasteiger partial charge is 0.227 e. The summed E-state index contributed by atoms with van der Waals surface area (Å²) in [5, 5.41) is 3.57. The SMILES string of the molecule is CCC(=O)N1CCc2cc(N3C[C@@H](C(=O)NCc4ccc(Cl)cc4)CC3=O)ccc21. The van der Waals surface area contributed by atoms with Gasteiger partial charge in [0.2, 0.25) is 17.7 Å². The second-order valence-electron chi connectivity index (χ2n) is 7.71. The first-order chi connectivity index (χ1) is 14.5. The normalized spacial score (nSPS) is 17.9. The third-order valence-corrected chi connectivity index (χ3v) is 6.00. The summed E-state index contributed by atoms with van der Waals surface area (Å²) in [6, 6.07) is 13.1. The van der Waals surface area contributed by atoms with E-state index in [-0.39, 0.29) is 30.1 Å². The van der Waals surface area contributed by atoms with Gasteiger partial charge in [0.05, 0.1) is 5.92 Å². The number of carbonyl (C=O) groups is 3. The highest BCUT2D eigenvalue weighted by atomic mass is 35.5. The number of nitrogens with zero attached hydrogens (tertiary/aromatic N) is 2. The minimum absolute atomic E-state index is 0.0546. The van der Waals surface area contributed by atoms with Crippen LogP contribution in [0, 0.1) is 5.92 Å². The Bertz CT molecular complexity index is 990. The van der Waals surface area contributed by atoms with Crippen molar-refractivity contribution in [2.24, 2.45) is 5.92 Å². The first kappa shape index (κ1) is 20.4. The van der Waals surface area contributed by atoms with Crippen LogP contribution in [0.2, 0.25) is 5.02 Å². The van der Waals surface area contributed by atoms with E-state index in [1.807, 2.05) is 37.3 Å². The van der Waals surface area contributed by atoms with Gasteiger partial charge in [-0.2, -0.15) is 0 Å². The summed E-state index contributed by atoms with van der Waals surface area (Å²) in [6.07, 6.45) is 1.45. The van der Waals surface area contributed by atoms with E-state index >= 15 is 0 Å². The molecular formula is C23H24ClN3O3.